The highest BCUT2D eigenvalue weighted by Gasteiger charge is 2.27. The quantitative estimate of drug-likeness (QED) is 0.240. The number of esters is 1. The number of hydrogen-bond acceptors (Lipinski definition) is 4. The fourth-order valence-corrected chi connectivity index (χ4v) is 2.71. The molecule has 0 aliphatic carbocycles. The van der Waals surface area contributed by atoms with E-state index in [0.717, 1.165) is 18.1 Å². The molecule has 0 spiro atoms. The molecule has 6 heteroatoms. The largest absolute Gasteiger partial charge is 0.455 e. The van der Waals surface area contributed by atoms with Crippen LogP contribution in [0.1, 0.15) is 24.1 Å². The van der Waals surface area contributed by atoms with E-state index in [4.69, 9.17) is 10.3 Å². The van der Waals surface area contributed by atoms with Crippen molar-refractivity contribution in [2.45, 2.75) is 13.0 Å². The summed E-state index contributed by atoms with van der Waals surface area (Å²) in [5, 5.41) is 0. The van der Waals surface area contributed by atoms with Crippen LogP contribution in [-0.4, -0.2) is 47.4 Å². The van der Waals surface area contributed by atoms with Gasteiger partial charge in [-0.2, -0.15) is 4.79 Å². The van der Waals surface area contributed by atoms with Crippen LogP contribution in [0, 0.1) is 0 Å². The number of carbonyl (C=O) groups is 2. The van der Waals surface area contributed by atoms with Gasteiger partial charge < -0.3 is 10.3 Å². The molecular weight excluding hydrogens is 330 g/mol. The van der Waals surface area contributed by atoms with Gasteiger partial charge in [0.25, 0.3) is 0 Å². The molecule has 0 unspecified atom stereocenters. The Kier molecular flexibility index (Phi) is 6.97. The molecule has 0 aliphatic heterocycles. The smallest absolute Gasteiger partial charge is 0.441 e. The van der Waals surface area contributed by atoms with Gasteiger partial charge in [-0.25, -0.2) is 4.79 Å². The van der Waals surface area contributed by atoms with E-state index in [0.29, 0.717) is 6.54 Å². The number of likely N-dealkylation sites (N-methyl/N-ethyl adjacent to an activating group) is 1. The molecule has 0 heterocycles. The molecule has 0 atom stereocenters. The summed E-state index contributed by atoms with van der Waals surface area (Å²) in [4.78, 5) is 27.7. The Morgan fingerprint density at radius 3 is 1.96 bits per heavy atom. The predicted molar refractivity (Wildman–Crippen MR) is 97.6 cm³/mol. The minimum atomic E-state index is -0.927. The molecule has 26 heavy (non-hydrogen) atoms. The molecule has 0 aromatic heterocycles. The molecule has 0 saturated carbocycles. The molecule has 0 aliphatic rings. The van der Waals surface area contributed by atoms with Crippen molar-refractivity contribution in [3.63, 3.8) is 0 Å². The number of carbonyl (C=O) groups excluding carboxylic acids is 2. The number of Topliss-reactive ketones (excluding diaryl/α,β-unsaturated/α-hetero) is 1. The average molecular weight is 351 g/mol. The van der Waals surface area contributed by atoms with Gasteiger partial charge in [0.2, 0.25) is 5.78 Å². The second-order valence-corrected chi connectivity index (χ2v) is 5.85. The molecule has 0 saturated heterocycles. The molecule has 2 aromatic rings. The second kappa shape index (κ2) is 9.42. The summed E-state index contributed by atoms with van der Waals surface area (Å²) in [6, 6.07) is 20.0. The number of nitrogens with zero attached hydrogens (tertiary/aromatic N) is 3. The maximum absolute atomic E-state index is 11.8. The minimum absolute atomic E-state index is 0.00473. The summed E-state index contributed by atoms with van der Waals surface area (Å²) in [5.74, 6) is -1.57. The molecular formula is C20H21N3O3. The SMILES string of the molecule is CC(=O)C(=[N+]=[N-])C(=O)OCCN(C)C(c1ccccc1)c1ccccc1. The zero-order chi connectivity index (χ0) is 18.9. The molecule has 134 valence electrons. The van der Waals surface area contributed by atoms with Crippen molar-refractivity contribution < 1.29 is 19.1 Å². The van der Waals surface area contributed by atoms with Crippen LogP contribution in [-0.2, 0) is 14.3 Å². The van der Waals surface area contributed by atoms with Crippen LogP contribution in [0.2, 0.25) is 0 Å². The van der Waals surface area contributed by atoms with E-state index >= 15 is 0 Å². The number of rotatable bonds is 8. The van der Waals surface area contributed by atoms with Gasteiger partial charge in [0, 0.05) is 13.5 Å². The Labute approximate surface area is 152 Å². The van der Waals surface area contributed by atoms with Crippen molar-refractivity contribution in [1.29, 1.82) is 0 Å². The summed E-state index contributed by atoms with van der Waals surface area (Å²) in [6.07, 6.45) is 0. The van der Waals surface area contributed by atoms with E-state index in [2.05, 4.69) is 9.69 Å². The van der Waals surface area contributed by atoms with Gasteiger partial charge in [0.1, 0.15) is 6.61 Å². The van der Waals surface area contributed by atoms with Crippen molar-refractivity contribution >= 4 is 17.5 Å². The van der Waals surface area contributed by atoms with E-state index < -0.39 is 17.5 Å². The first kappa shape index (κ1) is 19.2. The Hall–Kier alpha value is -3.08. The van der Waals surface area contributed by atoms with Crippen LogP contribution in [0.25, 0.3) is 5.53 Å². The Bertz CT molecular complexity index is 760. The highest BCUT2D eigenvalue weighted by molar-refractivity contribution is 6.61. The zero-order valence-corrected chi connectivity index (χ0v) is 14.8. The highest BCUT2D eigenvalue weighted by Crippen LogP contribution is 2.27. The first-order valence-electron chi connectivity index (χ1n) is 8.25. The normalized spacial score (nSPS) is 10.5. The van der Waals surface area contributed by atoms with Crippen LogP contribution in [0.5, 0.6) is 0 Å². The summed E-state index contributed by atoms with van der Waals surface area (Å²) in [6.45, 7) is 1.65. The van der Waals surface area contributed by atoms with Gasteiger partial charge in [0.15, 0.2) is 0 Å². The minimum Gasteiger partial charge on any atom is -0.455 e. The maximum Gasteiger partial charge on any atom is 0.441 e. The third-order valence-corrected chi connectivity index (χ3v) is 3.98. The van der Waals surface area contributed by atoms with E-state index in [1.54, 1.807) is 0 Å². The van der Waals surface area contributed by atoms with Gasteiger partial charge in [-0.15, -0.1) is 0 Å². The first-order valence-corrected chi connectivity index (χ1v) is 8.25. The van der Waals surface area contributed by atoms with Gasteiger partial charge >= 0.3 is 11.7 Å². The van der Waals surface area contributed by atoms with E-state index in [1.165, 1.54) is 0 Å². The summed E-state index contributed by atoms with van der Waals surface area (Å²) < 4.78 is 5.06. The van der Waals surface area contributed by atoms with E-state index in [-0.39, 0.29) is 12.6 Å². The van der Waals surface area contributed by atoms with Crippen molar-refractivity contribution in [3.05, 3.63) is 77.3 Å². The van der Waals surface area contributed by atoms with Crippen molar-refractivity contribution in [3.8, 4) is 0 Å². The van der Waals surface area contributed by atoms with Gasteiger partial charge in [-0.1, -0.05) is 60.7 Å². The standard InChI is InChI=1S/C20H21N3O3/c1-15(24)18(22-21)20(25)26-14-13-23(2)19(16-9-5-3-6-10-16)17-11-7-4-8-12-17/h3-12,19H,13-14H2,1-2H3. The van der Waals surface area contributed by atoms with Crippen LogP contribution in [0.4, 0.5) is 0 Å². The molecule has 0 fully saturated rings. The fourth-order valence-electron chi connectivity index (χ4n) is 2.71. The first-order chi connectivity index (χ1) is 12.5. The second-order valence-electron chi connectivity index (χ2n) is 5.85. The van der Waals surface area contributed by atoms with Crippen molar-refractivity contribution in [2.24, 2.45) is 0 Å². The predicted octanol–water partition coefficient (Wildman–Crippen LogP) is 2.51. The van der Waals surface area contributed by atoms with Crippen LogP contribution in [0.15, 0.2) is 60.7 Å². The zero-order valence-electron chi connectivity index (χ0n) is 14.8. The topological polar surface area (TPSA) is 83.0 Å². The third kappa shape index (κ3) is 4.96. The molecule has 2 aromatic carbocycles. The summed E-state index contributed by atoms with van der Waals surface area (Å²) >= 11 is 0. The lowest BCUT2D eigenvalue weighted by Gasteiger charge is -2.28. The lowest BCUT2D eigenvalue weighted by Crippen LogP contribution is -2.32. The molecule has 0 bridgehead atoms. The van der Waals surface area contributed by atoms with Crippen LogP contribution in [0.3, 0.4) is 0 Å². The molecule has 2 rings (SSSR count). The van der Waals surface area contributed by atoms with Gasteiger partial charge in [0.05, 0.1) is 6.04 Å². The Balaban J connectivity index is 2.08. The summed E-state index contributed by atoms with van der Waals surface area (Å²) in [7, 11) is 1.94. The van der Waals surface area contributed by atoms with Crippen LogP contribution < -0.4 is 0 Å². The number of benzene rings is 2. The van der Waals surface area contributed by atoms with Crippen molar-refractivity contribution in [2.75, 3.05) is 20.2 Å². The fraction of sp³-hybridized carbons (Fsp3) is 0.250. The van der Waals surface area contributed by atoms with Gasteiger partial charge in [-0.05, 0) is 18.2 Å². The number of ketones is 1. The monoisotopic (exact) mass is 351 g/mol. The lowest BCUT2D eigenvalue weighted by atomic mass is 9.97. The van der Waals surface area contributed by atoms with Crippen LogP contribution >= 0.6 is 0 Å². The Morgan fingerprint density at radius 2 is 1.54 bits per heavy atom. The lowest BCUT2D eigenvalue weighted by molar-refractivity contribution is -0.142. The molecule has 0 radical (unpaired) electrons. The van der Waals surface area contributed by atoms with E-state index in [9.17, 15) is 9.59 Å². The molecule has 0 amide bonds. The summed E-state index contributed by atoms with van der Waals surface area (Å²) in [5.41, 5.74) is 10.4. The maximum atomic E-state index is 11.8. The van der Waals surface area contributed by atoms with Gasteiger partial charge in [-0.3, -0.25) is 9.69 Å². The average Bonchev–Trinajstić information content (AvgIpc) is 2.64. The molecule has 6 nitrogen and oxygen atoms in total. The Morgan fingerprint density at radius 1 is 1.04 bits per heavy atom. The van der Waals surface area contributed by atoms with E-state index in [1.807, 2.05) is 67.7 Å². The number of ether oxygens (including phenoxy) is 1. The molecule has 0 N–H and O–H groups in total. The highest BCUT2D eigenvalue weighted by atomic mass is 16.5. The van der Waals surface area contributed by atoms with Crippen molar-refractivity contribution in [1.82, 2.24) is 4.90 Å². The number of hydrogen-bond donors (Lipinski definition) is 0. The third-order valence-electron chi connectivity index (χ3n) is 3.98.